The summed E-state index contributed by atoms with van der Waals surface area (Å²) in [4.78, 5) is 15.1. The van der Waals surface area contributed by atoms with Gasteiger partial charge in [0.25, 0.3) is 5.91 Å². The van der Waals surface area contributed by atoms with Crippen LogP contribution in [0.4, 0.5) is 0 Å². The maximum atomic E-state index is 12.5. The summed E-state index contributed by atoms with van der Waals surface area (Å²) >= 11 is 0. The van der Waals surface area contributed by atoms with Gasteiger partial charge in [-0.25, -0.2) is 0 Å². The van der Waals surface area contributed by atoms with Crippen molar-refractivity contribution in [2.75, 3.05) is 25.9 Å². The molecule has 0 aliphatic carbocycles. The fourth-order valence-corrected chi connectivity index (χ4v) is 4.13. The van der Waals surface area contributed by atoms with Crippen molar-refractivity contribution in [2.24, 2.45) is 11.8 Å². The van der Waals surface area contributed by atoms with E-state index in [0.717, 1.165) is 24.6 Å². The Morgan fingerprint density at radius 3 is 2.60 bits per heavy atom. The molecule has 1 aliphatic heterocycles. The van der Waals surface area contributed by atoms with Gasteiger partial charge in [0.1, 0.15) is 0 Å². The third kappa shape index (κ3) is 6.23. The van der Waals surface area contributed by atoms with E-state index >= 15 is 0 Å². The molecule has 2 unspecified atom stereocenters. The lowest BCUT2D eigenvalue weighted by atomic mass is 9.94. The van der Waals surface area contributed by atoms with E-state index in [0.29, 0.717) is 29.8 Å². The molecule has 2 atom stereocenters. The number of piperidine rings is 1. The SMILES string of the molecule is CC1CCN(C(CNC(=O)c2cccc(CS(C)=O)c2)C(C)C)CC1. The topological polar surface area (TPSA) is 49.4 Å². The number of carbonyl (C=O) groups excluding carboxylic acids is 1. The molecular weight excluding hydrogens is 332 g/mol. The van der Waals surface area contributed by atoms with Gasteiger partial charge in [-0.15, -0.1) is 0 Å². The van der Waals surface area contributed by atoms with Crippen LogP contribution in [-0.4, -0.2) is 46.9 Å². The van der Waals surface area contributed by atoms with Gasteiger partial charge >= 0.3 is 0 Å². The third-order valence-corrected chi connectivity index (χ3v) is 5.83. The number of amides is 1. The van der Waals surface area contributed by atoms with Gasteiger partial charge in [0, 0.05) is 41.0 Å². The van der Waals surface area contributed by atoms with Gasteiger partial charge in [0.15, 0.2) is 0 Å². The Hall–Kier alpha value is -1.20. The van der Waals surface area contributed by atoms with Crippen LogP contribution in [0.1, 0.15) is 49.5 Å². The predicted octanol–water partition coefficient (Wildman–Crippen LogP) is 3.05. The summed E-state index contributed by atoms with van der Waals surface area (Å²) in [6.45, 7) is 9.70. The Kier molecular flexibility index (Phi) is 7.63. The van der Waals surface area contributed by atoms with E-state index in [1.165, 1.54) is 12.8 Å². The lowest BCUT2D eigenvalue weighted by Crippen LogP contribution is -2.49. The molecular formula is C20H32N2O2S. The van der Waals surface area contributed by atoms with Gasteiger partial charge in [-0.05, 0) is 55.5 Å². The highest BCUT2D eigenvalue weighted by atomic mass is 32.2. The average Bonchev–Trinajstić information content (AvgIpc) is 2.56. The molecule has 1 amide bonds. The second-order valence-corrected chi connectivity index (χ2v) is 9.09. The third-order valence-electron chi connectivity index (χ3n) is 5.09. The van der Waals surface area contributed by atoms with Gasteiger partial charge in [-0.1, -0.05) is 32.9 Å². The molecule has 0 bridgehead atoms. The number of likely N-dealkylation sites (tertiary alicyclic amines) is 1. The quantitative estimate of drug-likeness (QED) is 0.809. The Balaban J connectivity index is 1.95. The van der Waals surface area contributed by atoms with Gasteiger partial charge in [0.2, 0.25) is 0 Å². The number of nitrogens with one attached hydrogen (secondary N) is 1. The zero-order valence-corrected chi connectivity index (χ0v) is 16.8. The average molecular weight is 365 g/mol. The molecule has 5 heteroatoms. The molecule has 1 saturated heterocycles. The highest BCUT2D eigenvalue weighted by Gasteiger charge is 2.26. The molecule has 0 saturated carbocycles. The van der Waals surface area contributed by atoms with E-state index in [9.17, 15) is 9.00 Å². The van der Waals surface area contributed by atoms with Crippen LogP contribution in [0.3, 0.4) is 0 Å². The van der Waals surface area contributed by atoms with E-state index < -0.39 is 10.8 Å². The van der Waals surface area contributed by atoms with Crippen LogP contribution < -0.4 is 5.32 Å². The monoisotopic (exact) mass is 364 g/mol. The van der Waals surface area contributed by atoms with Gasteiger partial charge in [-0.2, -0.15) is 0 Å². The van der Waals surface area contributed by atoms with E-state index in [1.54, 1.807) is 6.26 Å². The number of benzene rings is 1. The molecule has 0 spiro atoms. The lowest BCUT2D eigenvalue weighted by molar-refractivity contribution is 0.0863. The number of hydrogen-bond donors (Lipinski definition) is 1. The fraction of sp³-hybridized carbons (Fsp3) is 0.650. The summed E-state index contributed by atoms with van der Waals surface area (Å²) in [5, 5.41) is 3.11. The number of nitrogens with zero attached hydrogens (tertiary/aromatic N) is 1. The molecule has 1 aromatic rings. The standard InChI is InChI=1S/C20H32N2O2S/c1-15(2)19(22-10-8-16(3)9-11-22)13-21-20(23)18-7-5-6-17(12-18)14-25(4)24/h5-7,12,15-16,19H,8-11,13-14H2,1-4H3,(H,21,23). The lowest BCUT2D eigenvalue weighted by Gasteiger charge is -2.38. The van der Waals surface area contributed by atoms with E-state index in [2.05, 4.69) is 31.0 Å². The van der Waals surface area contributed by atoms with Crippen LogP contribution >= 0.6 is 0 Å². The molecule has 2 rings (SSSR count). The van der Waals surface area contributed by atoms with Gasteiger partial charge in [0.05, 0.1) is 0 Å². The number of rotatable bonds is 7. The van der Waals surface area contributed by atoms with Crippen LogP contribution in [-0.2, 0) is 16.6 Å². The van der Waals surface area contributed by atoms with Crippen LogP contribution in [0.15, 0.2) is 24.3 Å². The van der Waals surface area contributed by atoms with Crippen LogP contribution in [0, 0.1) is 11.8 Å². The summed E-state index contributed by atoms with van der Waals surface area (Å²) in [6, 6.07) is 7.84. The van der Waals surface area contributed by atoms with Crippen LogP contribution in [0.5, 0.6) is 0 Å². The molecule has 0 aromatic heterocycles. The van der Waals surface area contributed by atoms with Crippen molar-refractivity contribution in [3.05, 3.63) is 35.4 Å². The Labute approximate surface area is 154 Å². The summed E-state index contributed by atoms with van der Waals surface area (Å²) in [5.41, 5.74) is 1.59. The highest BCUT2D eigenvalue weighted by molar-refractivity contribution is 7.83. The van der Waals surface area contributed by atoms with E-state index in [-0.39, 0.29) is 5.91 Å². The van der Waals surface area contributed by atoms with Crippen LogP contribution in [0.25, 0.3) is 0 Å². The Morgan fingerprint density at radius 1 is 1.32 bits per heavy atom. The number of hydrogen-bond acceptors (Lipinski definition) is 3. The summed E-state index contributed by atoms with van der Waals surface area (Å²) in [6.07, 6.45) is 4.17. The van der Waals surface area contributed by atoms with Crippen molar-refractivity contribution >= 4 is 16.7 Å². The predicted molar refractivity (Wildman–Crippen MR) is 105 cm³/mol. The molecule has 140 valence electrons. The Morgan fingerprint density at radius 2 is 2.00 bits per heavy atom. The first-order valence-corrected chi connectivity index (χ1v) is 11.0. The van der Waals surface area contributed by atoms with Crippen molar-refractivity contribution in [2.45, 2.75) is 45.4 Å². The van der Waals surface area contributed by atoms with Crippen molar-refractivity contribution < 1.29 is 9.00 Å². The van der Waals surface area contributed by atoms with Crippen LogP contribution in [0.2, 0.25) is 0 Å². The summed E-state index contributed by atoms with van der Waals surface area (Å²) in [7, 11) is -0.900. The van der Waals surface area contributed by atoms with Crippen molar-refractivity contribution in [3.63, 3.8) is 0 Å². The van der Waals surface area contributed by atoms with Gasteiger partial charge < -0.3 is 5.32 Å². The van der Waals surface area contributed by atoms with Crippen molar-refractivity contribution in [3.8, 4) is 0 Å². The molecule has 1 aliphatic rings. The smallest absolute Gasteiger partial charge is 0.251 e. The molecule has 1 heterocycles. The molecule has 0 radical (unpaired) electrons. The second-order valence-electron chi connectivity index (χ2n) is 7.66. The zero-order chi connectivity index (χ0) is 18.4. The Bertz CT molecular complexity index is 595. The number of carbonyl (C=O) groups is 1. The van der Waals surface area contributed by atoms with Crippen molar-refractivity contribution in [1.82, 2.24) is 10.2 Å². The normalized spacial score (nSPS) is 18.9. The maximum Gasteiger partial charge on any atom is 0.251 e. The summed E-state index contributed by atoms with van der Waals surface area (Å²) < 4.78 is 11.4. The van der Waals surface area contributed by atoms with Gasteiger partial charge in [-0.3, -0.25) is 13.9 Å². The first kappa shape index (κ1) is 20.1. The molecule has 1 fully saturated rings. The zero-order valence-electron chi connectivity index (χ0n) is 16.0. The first-order valence-electron chi connectivity index (χ1n) is 9.28. The van der Waals surface area contributed by atoms with Crippen molar-refractivity contribution in [1.29, 1.82) is 0 Å². The highest BCUT2D eigenvalue weighted by Crippen LogP contribution is 2.21. The minimum atomic E-state index is -0.900. The molecule has 1 N–H and O–H groups in total. The second kappa shape index (κ2) is 9.48. The first-order chi connectivity index (χ1) is 11.9. The summed E-state index contributed by atoms with van der Waals surface area (Å²) in [5.74, 6) is 1.76. The van der Waals surface area contributed by atoms with E-state index in [1.807, 2.05) is 24.3 Å². The molecule has 4 nitrogen and oxygen atoms in total. The minimum Gasteiger partial charge on any atom is -0.350 e. The van der Waals surface area contributed by atoms with E-state index in [4.69, 9.17) is 0 Å². The maximum absolute atomic E-state index is 12.5. The molecule has 25 heavy (non-hydrogen) atoms. The largest absolute Gasteiger partial charge is 0.350 e. The fourth-order valence-electron chi connectivity index (χ4n) is 3.48. The molecule has 1 aromatic carbocycles. The minimum absolute atomic E-state index is 0.0419.